The number of carbonyl (C=O) groups is 1. The second kappa shape index (κ2) is 9.22. The summed E-state index contributed by atoms with van der Waals surface area (Å²) in [6, 6.07) is 10.9. The van der Waals surface area contributed by atoms with Crippen LogP contribution in [0, 0.1) is 17.8 Å². The molecule has 1 amide bonds. The summed E-state index contributed by atoms with van der Waals surface area (Å²) >= 11 is 0. The molecule has 1 saturated heterocycles. The molecule has 0 unspecified atom stereocenters. The smallest absolute Gasteiger partial charge is 0.416 e. The SMILES string of the molecule is COc1ccc(S(=O)(=O)NC[C@H]2[C@@H]3CC(=O)N(Cc4ccc(C(F)(F)F)cc4)[C@@H]3C[C@@H]2C)cc1. The molecule has 1 saturated carbocycles. The van der Waals surface area contributed by atoms with Crippen LogP contribution >= 0.6 is 0 Å². The van der Waals surface area contributed by atoms with Crippen molar-refractivity contribution in [2.24, 2.45) is 17.8 Å². The van der Waals surface area contributed by atoms with Crippen molar-refractivity contribution in [1.82, 2.24) is 9.62 Å². The Morgan fingerprint density at radius 3 is 2.32 bits per heavy atom. The molecule has 10 heteroatoms. The van der Waals surface area contributed by atoms with Crippen LogP contribution in [0.4, 0.5) is 13.2 Å². The van der Waals surface area contributed by atoms with Crippen LogP contribution in [0.3, 0.4) is 0 Å². The van der Waals surface area contributed by atoms with E-state index in [1.807, 2.05) is 6.92 Å². The first kappa shape index (κ1) is 24.5. The number of ether oxygens (including phenoxy) is 1. The molecule has 0 radical (unpaired) electrons. The summed E-state index contributed by atoms with van der Waals surface area (Å²) in [5.74, 6) is 0.681. The summed E-state index contributed by atoms with van der Waals surface area (Å²) in [5.41, 5.74) is -0.0844. The molecule has 0 bridgehead atoms. The molecular weight excluding hydrogens is 469 g/mol. The average molecular weight is 497 g/mol. The van der Waals surface area contributed by atoms with E-state index in [4.69, 9.17) is 4.74 Å². The third-order valence-electron chi connectivity index (χ3n) is 7.03. The van der Waals surface area contributed by atoms with Gasteiger partial charge in [0, 0.05) is 25.6 Å². The predicted molar refractivity (Wildman–Crippen MR) is 119 cm³/mol. The summed E-state index contributed by atoms with van der Waals surface area (Å²) < 4.78 is 71.7. The van der Waals surface area contributed by atoms with Gasteiger partial charge in [-0.25, -0.2) is 13.1 Å². The maximum atomic E-state index is 12.8. The Morgan fingerprint density at radius 1 is 1.09 bits per heavy atom. The topological polar surface area (TPSA) is 75.7 Å². The molecule has 2 aromatic rings. The molecule has 1 N–H and O–H groups in total. The number of likely N-dealkylation sites (tertiary alicyclic amines) is 1. The zero-order valence-corrected chi connectivity index (χ0v) is 19.7. The summed E-state index contributed by atoms with van der Waals surface area (Å²) in [4.78, 5) is 14.6. The van der Waals surface area contributed by atoms with E-state index in [1.54, 1.807) is 17.0 Å². The number of fused-ring (bicyclic) bond motifs is 1. The van der Waals surface area contributed by atoms with Crippen LogP contribution in [-0.2, 0) is 27.5 Å². The highest BCUT2D eigenvalue weighted by molar-refractivity contribution is 7.89. The fraction of sp³-hybridized carbons (Fsp3) is 0.458. The molecule has 1 heterocycles. The number of carbonyl (C=O) groups excluding carboxylic acids is 1. The van der Waals surface area contributed by atoms with E-state index in [2.05, 4.69) is 4.72 Å². The number of benzene rings is 2. The highest BCUT2D eigenvalue weighted by Gasteiger charge is 2.50. The van der Waals surface area contributed by atoms with Gasteiger partial charge in [0.25, 0.3) is 0 Å². The first-order chi connectivity index (χ1) is 16.0. The minimum absolute atomic E-state index is 0.00415. The zero-order valence-electron chi connectivity index (χ0n) is 18.9. The zero-order chi connectivity index (χ0) is 24.7. The Kier molecular flexibility index (Phi) is 6.65. The Morgan fingerprint density at radius 2 is 1.74 bits per heavy atom. The van der Waals surface area contributed by atoms with Crippen molar-refractivity contribution in [3.63, 3.8) is 0 Å². The van der Waals surface area contributed by atoms with Gasteiger partial charge in [0.05, 0.1) is 17.6 Å². The normalized spacial score (nSPS) is 25.0. The molecule has 6 nitrogen and oxygen atoms in total. The molecule has 2 aromatic carbocycles. The summed E-state index contributed by atoms with van der Waals surface area (Å²) in [6.07, 6.45) is -3.36. The van der Waals surface area contributed by atoms with E-state index < -0.39 is 21.8 Å². The lowest BCUT2D eigenvalue weighted by Crippen LogP contribution is -2.34. The van der Waals surface area contributed by atoms with Crippen LogP contribution in [0.1, 0.15) is 30.9 Å². The molecule has 1 aliphatic heterocycles. The number of nitrogens with one attached hydrogen (secondary N) is 1. The summed E-state index contributed by atoms with van der Waals surface area (Å²) in [6.45, 7) is 2.51. The number of amides is 1. The third-order valence-corrected chi connectivity index (χ3v) is 8.47. The number of halogens is 3. The van der Waals surface area contributed by atoms with Crippen LogP contribution in [0.25, 0.3) is 0 Å². The van der Waals surface area contributed by atoms with Gasteiger partial charge in [-0.1, -0.05) is 19.1 Å². The molecule has 184 valence electrons. The fourth-order valence-electron chi connectivity index (χ4n) is 5.19. The van der Waals surface area contributed by atoms with Crippen LogP contribution < -0.4 is 9.46 Å². The highest BCUT2D eigenvalue weighted by atomic mass is 32.2. The predicted octanol–water partition coefficient (Wildman–Crippen LogP) is 4.07. The van der Waals surface area contributed by atoms with Gasteiger partial charge in [0.1, 0.15) is 5.75 Å². The van der Waals surface area contributed by atoms with Gasteiger partial charge in [-0.05, 0) is 66.1 Å². The van der Waals surface area contributed by atoms with Crippen molar-refractivity contribution in [3.05, 3.63) is 59.7 Å². The monoisotopic (exact) mass is 496 g/mol. The quantitative estimate of drug-likeness (QED) is 0.627. The molecule has 2 aliphatic rings. The Labute approximate surface area is 197 Å². The number of alkyl halides is 3. The number of methoxy groups -OCH3 is 1. The van der Waals surface area contributed by atoms with Crippen molar-refractivity contribution >= 4 is 15.9 Å². The van der Waals surface area contributed by atoms with E-state index in [0.717, 1.165) is 18.6 Å². The Hall–Kier alpha value is -2.59. The lowest BCUT2D eigenvalue weighted by atomic mass is 9.89. The molecule has 1 aliphatic carbocycles. The summed E-state index contributed by atoms with van der Waals surface area (Å²) in [5, 5.41) is 0. The number of hydrogen-bond acceptors (Lipinski definition) is 4. The molecule has 4 atom stereocenters. The number of sulfonamides is 1. The van der Waals surface area contributed by atoms with E-state index in [9.17, 15) is 26.4 Å². The van der Waals surface area contributed by atoms with Gasteiger partial charge in [-0.15, -0.1) is 0 Å². The number of rotatable bonds is 7. The van der Waals surface area contributed by atoms with E-state index in [1.165, 1.54) is 31.4 Å². The first-order valence-corrected chi connectivity index (χ1v) is 12.6. The molecule has 34 heavy (non-hydrogen) atoms. The van der Waals surface area contributed by atoms with Crippen molar-refractivity contribution in [3.8, 4) is 5.75 Å². The maximum absolute atomic E-state index is 12.8. The lowest BCUT2D eigenvalue weighted by Gasteiger charge is -2.25. The van der Waals surface area contributed by atoms with Gasteiger partial charge in [-0.3, -0.25) is 4.79 Å². The number of nitrogens with zero attached hydrogens (tertiary/aromatic N) is 1. The molecule has 2 fully saturated rings. The van der Waals surface area contributed by atoms with E-state index in [0.29, 0.717) is 17.7 Å². The van der Waals surface area contributed by atoms with Gasteiger partial charge in [0.15, 0.2) is 0 Å². The lowest BCUT2D eigenvalue weighted by molar-refractivity contribution is -0.137. The largest absolute Gasteiger partial charge is 0.497 e. The molecule has 0 aromatic heterocycles. The highest BCUT2D eigenvalue weighted by Crippen LogP contribution is 2.46. The van der Waals surface area contributed by atoms with Gasteiger partial charge in [-0.2, -0.15) is 13.2 Å². The second-order valence-electron chi connectivity index (χ2n) is 9.06. The molecular formula is C24H27F3N2O4S. The minimum atomic E-state index is -4.40. The van der Waals surface area contributed by atoms with Crippen LogP contribution in [0.2, 0.25) is 0 Å². The Bertz CT molecular complexity index is 1130. The molecule has 0 spiro atoms. The van der Waals surface area contributed by atoms with E-state index >= 15 is 0 Å². The van der Waals surface area contributed by atoms with Crippen LogP contribution in [0.15, 0.2) is 53.4 Å². The Balaban J connectivity index is 1.42. The van der Waals surface area contributed by atoms with Crippen LogP contribution in [-0.4, -0.2) is 38.9 Å². The second-order valence-corrected chi connectivity index (χ2v) is 10.8. The van der Waals surface area contributed by atoms with Gasteiger partial charge >= 0.3 is 6.18 Å². The molecule has 4 rings (SSSR count). The average Bonchev–Trinajstić information content (AvgIpc) is 3.25. The van der Waals surface area contributed by atoms with Crippen molar-refractivity contribution in [2.75, 3.05) is 13.7 Å². The van der Waals surface area contributed by atoms with Crippen molar-refractivity contribution in [2.45, 2.75) is 43.4 Å². The van der Waals surface area contributed by atoms with E-state index in [-0.39, 0.29) is 47.7 Å². The number of hydrogen-bond donors (Lipinski definition) is 1. The first-order valence-electron chi connectivity index (χ1n) is 11.1. The maximum Gasteiger partial charge on any atom is 0.416 e. The summed E-state index contributed by atoms with van der Waals surface area (Å²) in [7, 11) is -2.21. The standard InChI is InChI=1S/C24H27F3N2O4S/c1-15-11-22-20(21(15)13-28-34(31,32)19-9-7-18(33-2)8-10-19)12-23(30)29(22)14-16-3-5-17(6-4-16)24(25,26)27/h3-10,15,20-22,28H,11-14H2,1-2H3/t15-,20-,21+,22+/m0/s1. The van der Waals surface area contributed by atoms with Crippen molar-refractivity contribution < 1.29 is 31.1 Å². The third kappa shape index (κ3) is 4.93. The minimum Gasteiger partial charge on any atom is -0.497 e. The van der Waals surface area contributed by atoms with Gasteiger partial charge < -0.3 is 9.64 Å². The van der Waals surface area contributed by atoms with Crippen molar-refractivity contribution in [1.29, 1.82) is 0 Å². The van der Waals surface area contributed by atoms with Crippen LogP contribution in [0.5, 0.6) is 5.75 Å². The fourth-order valence-corrected chi connectivity index (χ4v) is 6.26. The van der Waals surface area contributed by atoms with Gasteiger partial charge in [0.2, 0.25) is 15.9 Å².